The normalized spacial score (nSPS) is 13.6. The topological polar surface area (TPSA) is 27.7 Å². The Hall–Kier alpha value is -1.58. The predicted molar refractivity (Wildman–Crippen MR) is 54.2 cm³/mol. The molecule has 0 fully saturated rings. The van der Waals surface area contributed by atoms with Gasteiger partial charge in [-0.05, 0) is 19.1 Å². The summed E-state index contributed by atoms with van der Waals surface area (Å²) in [6, 6.07) is 7.58. The molecule has 1 aliphatic heterocycles. The third kappa shape index (κ3) is 1.84. The minimum Gasteiger partial charge on any atom is -0.520 e. The molecule has 0 atom stereocenters. The van der Waals surface area contributed by atoms with Gasteiger partial charge in [-0.2, -0.15) is 0 Å². The molecule has 0 aromatic heterocycles. The molecule has 0 unspecified atom stereocenters. The number of hydrogen-bond donors (Lipinski definition) is 0. The SMILES string of the molecule is CCOC=CB1Oc2ccccc2O1. The Bertz CT molecular complexity index is 313. The summed E-state index contributed by atoms with van der Waals surface area (Å²) in [5.41, 5.74) is 0. The van der Waals surface area contributed by atoms with Gasteiger partial charge in [-0.3, -0.25) is 0 Å². The molecule has 0 spiro atoms. The summed E-state index contributed by atoms with van der Waals surface area (Å²) in [4.78, 5) is 0. The molecule has 1 aromatic rings. The molecule has 14 heavy (non-hydrogen) atoms. The van der Waals surface area contributed by atoms with Gasteiger partial charge in [0.15, 0.2) is 0 Å². The second-order valence-electron chi connectivity index (χ2n) is 2.83. The van der Waals surface area contributed by atoms with Crippen LogP contribution in [-0.2, 0) is 4.74 Å². The maximum atomic E-state index is 5.46. The van der Waals surface area contributed by atoms with Gasteiger partial charge < -0.3 is 14.0 Å². The first-order chi connectivity index (χ1) is 6.90. The fraction of sp³-hybridized carbons (Fsp3) is 0.200. The number of para-hydroxylation sites is 2. The summed E-state index contributed by atoms with van der Waals surface area (Å²) in [5, 5.41) is 0. The van der Waals surface area contributed by atoms with E-state index < -0.39 is 0 Å². The first-order valence-corrected chi connectivity index (χ1v) is 4.61. The quantitative estimate of drug-likeness (QED) is 0.539. The molecular weight excluding hydrogens is 179 g/mol. The van der Waals surface area contributed by atoms with Crippen LogP contribution in [0, 0.1) is 0 Å². The fourth-order valence-electron chi connectivity index (χ4n) is 1.21. The van der Waals surface area contributed by atoms with Gasteiger partial charge in [0.2, 0.25) is 0 Å². The molecule has 3 nitrogen and oxygen atoms in total. The lowest BCUT2D eigenvalue weighted by Gasteiger charge is -1.97. The first kappa shape index (κ1) is 9.00. The summed E-state index contributed by atoms with van der Waals surface area (Å²) < 4.78 is 16.0. The van der Waals surface area contributed by atoms with Gasteiger partial charge in [-0.1, -0.05) is 12.1 Å². The number of ether oxygens (including phenoxy) is 1. The van der Waals surface area contributed by atoms with E-state index in [1.807, 2.05) is 31.2 Å². The van der Waals surface area contributed by atoms with Crippen LogP contribution in [0.15, 0.2) is 36.5 Å². The molecule has 0 amide bonds. The first-order valence-electron chi connectivity index (χ1n) is 4.61. The van der Waals surface area contributed by atoms with Gasteiger partial charge in [-0.25, -0.2) is 0 Å². The zero-order chi connectivity index (χ0) is 9.80. The zero-order valence-corrected chi connectivity index (χ0v) is 7.97. The second kappa shape index (κ2) is 4.09. The van der Waals surface area contributed by atoms with Gasteiger partial charge in [0, 0.05) is 5.98 Å². The van der Waals surface area contributed by atoms with E-state index in [0.29, 0.717) is 6.61 Å². The maximum absolute atomic E-state index is 5.46. The summed E-state index contributed by atoms with van der Waals surface area (Å²) >= 11 is 0. The van der Waals surface area contributed by atoms with Crippen LogP contribution in [0.5, 0.6) is 11.5 Å². The van der Waals surface area contributed by atoms with Crippen LogP contribution in [0.25, 0.3) is 0 Å². The lowest BCUT2D eigenvalue weighted by molar-refractivity contribution is 0.269. The summed E-state index contributed by atoms with van der Waals surface area (Å²) in [7, 11) is -0.362. The van der Waals surface area contributed by atoms with E-state index in [1.54, 1.807) is 12.2 Å². The third-order valence-electron chi connectivity index (χ3n) is 1.83. The molecule has 4 heteroatoms. The van der Waals surface area contributed by atoms with Crippen molar-refractivity contribution in [3.8, 4) is 11.5 Å². The van der Waals surface area contributed by atoms with Crippen LogP contribution in [-0.4, -0.2) is 13.7 Å². The highest BCUT2D eigenvalue weighted by Crippen LogP contribution is 2.32. The minimum absolute atomic E-state index is 0.362. The minimum atomic E-state index is -0.362. The zero-order valence-electron chi connectivity index (χ0n) is 7.97. The monoisotopic (exact) mass is 190 g/mol. The molecule has 0 aliphatic carbocycles. The average Bonchev–Trinajstić information content (AvgIpc) is 2.60. The van der Waals surface area contributed by atoms with Crippen molar-refractivity contribution in [3.63, 3.8) is 0 Å². The number of rotatable bonds is 3. The van der Waals surface area contributed by atoms with Crippen molar-refractivity contribution in [2.75, 3.05) is 6.61 Å². The van der Waals surface area contributed by atoms with Crippen LogP contribution in [0.1, 0.15) is 6.92 Å². The lowest BCUT2D eigenvalue weighted by atomic mass is 9.92. The van der Waals surface area contributed by atoms with E-state index in [9.17, 15) is 0 Å². The lowest BCUT2D eigenvalue weighted by Crippen LogP contribution is -2.21. The largest absolute Gasteiger partial charge is 0.628 e. The van der Waals surface area contributed by atoms with Gasteiger partial charge in [0.1, 0.15) is 11.5 Å². The van der Waals surface area contributed by atoms with Gasteiger partial charge in [0.05, 0.1) is 12.9 Å². The van der Waals surface area contributed by atoms with E-state index in [1.165, 1.54) is 0 Å². The molecule has 1 heterocycles. The van der Waals surface area contributed by atoms with E-state index in [4.69, 9.17) is 14.0 Å². The molecular formula is C10H11BO3. The van der Waals surface area contributed by atoms with Crippen molar-refractivity contribution >= 4 is 7.12 Å². The van der Waals surface area contributed by atoms with Gasteiger partial charge >= 0.3 is 7.12 Å². The van der Waals surface area contributed by atoms with Crippen LogP contribution >= 0.6 is 0 Å². The van der Waals surface area contributed by atoms with Crippen molar-refractivity contribution < 1.29 is 14.0 Å². The molecule has 0 radical (unpaired) electrons. The fourth-order valence-corrected chi connectivity index (χ4v) is 1.21. The maximum Gasteiger partial charge on any atom is 0.628 e. The molecule has 0 bridgehead atoms. The van der Waals surface area contributed by atoms with E-state index in [2.05, 4.69) is 0 Å². The van der Waals surface area contributed by atoms with Crippen LogP contribution in [0.4, 0.5) is 0 Å². The second-order valence-corrected chi connectivity index (χ2v) is 2.83. The molecule has 1 aromatic carbocycles. The summed E-state index contributed by atoms with van der Waals surface area (Å²) in [6.07, 6.45) is 1.59. The highest BCUT2D eigenvalue weighted by molar-refractivity contribution is 6.53. The average molecular weight is 190 g/mol. The smallest absolute Gasteiger partial charge is 0.520 e. The Labute approximate surface area is 83.4 Å². The van der Waals surface area contributed by atoms with Gasteiger partial charge in [-0.15, -0.1) is 0 Å². The van der Waals surface area contributed by atoms with Crippen molar-refractivity contribution in [2.24, 2.45) is 0 Å². The van der Waals surface area contributed by atoms with Crippen LogP contribution in [0.3, 0.4) is 0 Å². The Morgan fingerprint density at radius 2 is 1.93 bits per heavy atom. The van der Waals surface area contributed by atoms with Crippen molar-refractivity contribution in [1.29, 1.82) is 0 Å². The van der Waals surface area contributed by atoms with Crippen molar-refractivity contribution in [2.45, 2.75) is 6.92 Å². The molecule has 1 aliphatic rings. The van der Waals surface area contributed by atoms with E-state index in [0.717, 1.165) is 11.5 Å². The van der Waals surface area contributed by atoms with Crippen molar-refractivity contribution in [3.05, 3.63) is 36.5 Å². The Morgan fingerprint density at radius 1 is 1.29 bits per heavy atom. The number of hydrogen-bond acceptors (Lipinski definition) is 3. The molecule has 72 valence electrons. The highest BCUT2D eigenvalue weighted by Gasteiger charge is 2.28. The van der Waals surface area contributed by atoms with Crippen molar-refractivity contribution in [1.82, 2.24) is 0 Å². The number of benzene rings is 1. The standard InChI is InChI=1S/C10H11BO3/c1-2-12-8-7-11-13-9-5-3-4-6-10(9)14-11/h3-8H,2H2,1H3. The van der Waals surface area contributed by atoms with Crippen LogP contribution < -0.4 is 9.31 Å². The predicted octanol–water partition coefficient (Wildman–Crippen LogP) is 2.04. The Morgan fingerprint density at radius 3 is 2.50 bits per heavy atom. The molecule has 2 rings (SSSR count). The van der Waals surface area contributed by atoms with Gasteiger partial charge in [0.25, 0.3) is 0 Å². The summed E-state index contributed by atoms with van der Waals surface area (Å²) in [6.45, 7) is 2.58. The summed E-state index contributed by atoms with van der Waals surface area (Å²) in [5.74, 6) is 3.29. The third-order valence-corrected chi connectivity index (χ3v) is 1.83. The molecule has 0 N–H and O–H groups in total. The van der Waals surface area contributed by atoms with E-state index in [-0.39, 0.29) is 7.12 Å². The molecule has 0 saturated carbocycles. The molecule has 0 saturated heterocycles. The Kier molecular flexibility index (Phi) is 2.63. The highest BCUT2D eigenvalue weighted by atomic mass is 16.6. The van der Waals surface area contributed by atoms with Crippen LogP contribution in [0.2, 0.25) is 0 Å². The Balaban J connectivity index is 1.98. The number of fused-ring (bicyclic) bond motifs is 1. The van der Waals surface area contributed by atoms with E-state index >= 15 is 0 Å².